The van der Waals surface area contributed by atoms with Crippen molar-refractivity contribution in [3.8, 4) is 0 Å². The van der Waals surface area contributed by atoms with Gasteiger partial charge in [-0.2, -0.15) is 0 Å². The van der Waals surface area contributed by atoms with Gasteiger partial charge in [0.15, 0.2) is 0 Å². The maximum atomic E-state index is 11.6. The Hall–Kier alpha value is -1.11. The van der Waals surface area contributed by atoms with Crippen molar-refractivity contribution in [3.63, 3.8) is 0 Å². The van der Waals surface area contributed by atoms with Crippen molar-refractivity contribution in [1.82, 2.24) is 10.2 Å². The predicted molar refractivity (Wildman–Crippen MR) is 66.4 cm³/mol. The number of aliphatic carboxylic acids is 1. The van der Waals surface area contributed by atoms with Crippen LogP contribution in [0.4, 0.5) is 4.79 Å². The lowest BCUT2D eigenvalue weighted by atomic mass is 10.2. The van der Waals surface area contributed by atoms with Crippen LogP contribution in [0.2, 0.25) is 0 Å². The van der Waals surface area contributed by atoms with Crippen LogP contribution in [0.1, 0.15) is 13.8 Å². The maximum Gasteiger partial charge on any atom is 0.317 e. The zero-order valence-electron chi connectivity index (χ0n) is 10.6. The third-order valence-corrected chi connectivity index (χ3v) is 3.72. The number of carboxylic acid groups (broad SMARTS) is 1. The highest BCUT2D eigenvalue weighted by atomic mass is 32.2. The summed E-state index contributed by atoms with van der Waals surface area (Å²) in [5.74, 6) is -1.55. The van der Waals surface area contributed by atoms with E-state index >= 15 is 0 Å². The Kier molecular flexibility index (Phi) is 6.79. The van der Waals surface area contributed by atoms with Gasteiger partial charge in [0.05, 0.1) is 5.92 Å². The molecule has 0 rings (SSSR count). The molecule has 6 nitrogen and oxygen atoms in total. The fourth-order valence-electron chi connectivity index (χ4n) is 1.06. The van der Waals surface area contributed by atoms with Crippen LogP contribution >= 0.6 is 0 Å². The largest absolute Gasteiger partial charge is 0.481 e. The summed E-state index contributed by atoms with van der Waals surface area (Å²) in [5, 5.41) is 11.2. The van der Waals surface area contributed by atoms with E-state index < -0.39 is 22.7 Å². The van der Waals surface area contributed by atoms with Gasteiger partial charge < -0.3 is 15.3 Å². The van der Waals surface area contributed by atoms with Gasteiger partial charge in [0.25, 0.3) is 0 Å². The molecule has 0 spiro atoms. The average Bonchev–Trinajstić information content (AvgIpc) is 2.24. The fraction of sp³-hybridized carbons (Fsp3) is 0.800. The molecule has 0 aromatic rings. The van der Waals surface area contributed by atoms with Crippen LogP contribution < -0.4 is 5.32 Å². The molecular formula is C10H20N2O4S. The van der Waals surface area contributed by atoms with E-state index in [2.05, 4.69) is 5.32 Å². The molecule has 0 aliphatic rings. The Bertz CT molecular complexity index is 309. The Balaban J connectivity index is 4.06. The molecule has 100 valence electrons. The number of hydrogen-bond acceptors (Lipinski definition) is 3. The number of nitrogens with one attached hydrogen (secondary N) is 1. The van der Waals surface area contributed by atoms with Crippen molar-refractivity contribution in [2.75, 3.05) is 26.4 Å². The van der Waals surface area contributed by atoms with Crippen molar-refractivity contribution < 1.29 is 18.9 Å². The summed E-state index contributed by atoms with van der Waals surface area (Å²) in [7, 11) is 0.545. The first-order chi connectivity index (χ1) is 7.75. The predicted octanol–water partition coefficient (Wildman–Crippen LogP) is 0.116. The lowest BCUT2D eigenvalue weighted by molar-refractivity contribution is -0.141. The molecule has 2 amide bonds. The summed E-state index contributed by atoms with van der Waals surface area (Å²) in [6.45, 7) is 3.77. The average molecular weight is 264 g/mol. The Morgan fingerprint density at radius 3 is 2.35 bits per heavy atom. The van der Waals surface area contributed by atoms with E-state index in [1.807, 2.05) is 0 Å². The number of carbonyl (C=O) groups is 2. The third kappa shape index (κ3) is 6.25. The standard InChI is InChI=1S/C10H20N2O4S/c1-7(9(13)14)6-12(3)10(15)11-5-8(2)17(4)16/h7-8H,5-6H2,1-4H3,(H,11,15)(H,13,14). The minimum absolute atomic E-state index is 0.121. The van der Waals surface area contributed by atoms with Crippen molar-refractivity contribution in [2.45, 2.75) is 19.1 Å². The highest BCUT2D eigenvalue weighted by Crippen LogP contribution is 1.98. The van der Waals surface area contributed by atoms with Crippen molar-refractivity contribution >= 4 is 22.8 Å². The smallest absolute Gasteiger partial charge is 0.317 e. The molecule has 17 heavy (non-hydrogen) atoms. The lowest BCUT2D eigenvalue weighted by Gasteiger charge is -2.20. The zero-order valence-corrected chi connectivity index (χ0v) is 11.4. The van der Waals surface area contributed by atoms with Gasteiger partial charge >= 0.3 is 12.0 Å². The van der Waals surface area contributed by atoms with Gasteiger partial charge in [0.2, 0.25) is 0 Å². The minimum Gasteiger partial charge on any atom is -0.481 e. The summed E-state index contributed by atoms with van der Waals surface area (Å²) in [6, 6.07) is -0.351. The molecule has 0 saturated heterocycles. The molecule has 3 atom stereocenters. The molecule has 2 N–H and O–H groups in total. The van der Waals surface area contributed by atoms with E-state index in [9.17, 15) is 13.8 Å². The third-order valence-electron chi connectivity index (χ3n) is 2.42. The molecule has 0 saturated carbocycles. The quantitative estimate of drug-likeness (QED) is 0.713. The highest BCUT2D eigenvalue weighted by Gasteiger charge is 2.17. The van der Waals surface area contributed by atoms with Crippen LogP contribution in [-0.2, 0) is 15.6 Å². The summed E-state index contributed by atoms with van der Waals surface area (Å²) >= 11 is 0. The Morgan fingerprint density at radius 2 is 1.94 bits per heavy atom. The van der Waals surface area contributed by atoms with Crippen LogP contribution in [0.25, 0.3) is 0 Å². The summed E-state index contributed by atoms with van der Waals surface area (Å²) < 4.78 is 11.1. The topological polar surface area (TPSA) is 86.7 Å². The second kappa shape index (κ2) is 7.26. The normalized spacial score (nSPS) is 15.8. The van der Waals surface area contributed by atoms with Gasteiger partial charge in [-0.3, -0.25) is 9.00 Å². The monoisotopic (exact) mass is 264 g/mol. The van der Waals surface area contributed by atoms with E-state index in [1.54, 1.807) is 13.2 Å². The Labute approximate surface area is 104 Å². The first kappa shape index (κ1) is 15.9. The van der Waals surface area contributed by atoms with E-state index in [0.717, 1.165) is 0 Å². The van der Waals surface area contributed by atoms with Gasteiger partial charge in [-0.15, -0.1) is 0 Å². The van der Waals surface area contributed by atoms with Gasteiger partial charge in [-0.05, 0) is 6.92 Å². The molecule has 0 aliphatic heterocycles. The molecule has 0 aromatic heterocycles. The molecule has 3 unspecified atom stereocenters. The van der Waals surface area contributed by atoms with E-state index in [-0.39, 0.29) is 17.8 Å². The number of rotatable bonds is 6. The first-order valence-corrected chi connectivity index (χ1v) is 6.91. The van der Waals surface area contributed by atoms with Crippen molar-refractivity contribution in [3.05, 3.63) is 0 Å². The number of nitrogens with zero attached hydrogens (tertiary/aromatic N) is 1. The minimum atomic E-state index is -0.985. The number of amides is 2. The Morgan fingerprint density at radius 1 is 1.41 bits per heavy atom. The van der Waals surface area contributed by atoms with Gasteiger partial charge in [-0.1, -0.05) is 6.92 Å². The van der Waals surface area contributed by atoms with Gasteiger partial charge in [-0.25, -0.2) is 4.79 Å². The molecular weight excluding hydrogens is 244 g/mol. The van der Waals surface area contributed by atoms with Crippen molar-refractivity contribution in [1.29, 1.82) is 0 Å². The number of urea groups is 1. The van der Waals surface area contributed by atoms with Crippen LogP contribution in [0, 0.1) is 5.92 Å². The second-order valence-corrected chi connectivity index (χ2v) is 5.92. The fourth-order valence-corrected chi connectivity index (χ4v) is 1.37. The van der Waals surface area contributed by atoms with Gasteiger partial charge in [0, 0.05) is 42.4 Å². The molecule has 0 aliphatic carbocycles. The zero-order chi connectivity index (χ0) is 13.6. The molecule has 7 heteroatoms. The number of carbonyl (C=O) groups excluding carboxylic acids is 1. The molecule has 0 fully saturated rings. The first-order valence-electron chi connectivity index (χ1n) is 5.29. The molecule has 0 radical (unpaired) electrons. The van der Waals surface area contributed by atoms with Crippen LogP contribution in [0.15, 0.2) is 0 Å². The van der Waals surface area contributed by atoms with Crippen LogP contribution in [0.5, 0.6) is 0 Å². The molecule has 0 heterocycles. The number of carboxylic acids is 1. The summed E-state index contributed by atoms with van der Waals surface area (Å²) in [5.41, 5.74) is 0. The van der Waals surface area contributed by atoms with Crippen LogP contribution in [0.3, 0.4) is 0 Å². The van der Waals surface area contributed by atoms with Gasteiger partial charge in [0.1, 0.15) is 0 Å². The maximum absolute atomic E-state index is 11.6. The second-order valence-electron chi connectivity index (χ2n) is 4.12. The van der Waals surface area contributed by atoms with Crippen molar-refractivity contribution in [2.24, 2.45) is 5.92 Å². The SMILES string of the molecule is CC(CN(C)C(=O)NCC(C)S(C)=O)C(=O)O. The van der Waals surface area contributed by atoms with Crippen LogP contribution in [-0.4, -0.2) is 57.9 Å². The summed E-state index contributed by atoms with van der Waals surface area (Å²) in [4.78, 5) is 23.5. The van der Waals surface area contributed by atoms with E-state index in [1.165, 1.54) is 18.9 Å². The van der Waals surface area contributed by atoms with E-state index in [0.29, 0.717) is 6.54 Å². The highest BCUT2D eigenvalue weighted by molar-refractivity contribution is 7.84. The van der Waals surface area contributed by atoms with E-state index in [4.69, 9.17) is 5.11 Å². The number of hydrogen-bond donors (Lipinski definition) is 2. The molecule has 0 bridgehead atoms. The lowest BCUT2D eigenvalue weighted by Crippen LogP contribution is -2.43. The summed E-state index contributed by atoms with van der Waals surface area (Å²) in [6.07, 6.45) is 1.58. The molecule has 0 aromatic carbocycles.